The topological polar surface area (TPSA) is 21.3 Å². The molecule has 1 unspecified atom stereocenters. The first-order valence-corrected chi connectivity index (χ1v) is 7.53. The Morgan fingerprint density at radius 1 is 1.36 bits per heavy atom. The van der Waals surface area contributed by atoms with Crippen LogP contribution < -0.4 is 5.32 Å². The molecule has 0 bridgehead atoms. The number of rotatable bonds is 7. The van der Waals surface area contributed by atoms with Crippen molar-refractivity contribution in [2.45, 2.75) is 18.1 Å². The number of thioether (sulfide) groups is 2. The van der Waals surface area contributed by atoms with Crippen LogP contribution in [0, 0.1) is 0 Å². The first kappa shape index (κ1) is 12.7. The number of hydrogen-bond acceptors (Lipinski definition) is 4. The molecule has 0 aliphatic carbocycles. The van der Waals surface area contributed by atoms with Crippen LogP contribution in [0.1, 0.15) is 12.8 Å². The Bertz CT molecular complexity index is 129. The summed E-state index contributed by atoms with van der Waals surface area (Å²) in [6.45, 7) is 3.23. The summed E-state index contributed by atoms with van der Waals surface area (Å²) in [4.78, 5) is 0. The highest BCUT2D eigenvalue weighted by atomic mass is 32.2. The van der Waals surface area contributed by atoms with Crippen LogP contribution >= 0.6 is 23.5 Å². The van der Waals surface area contributed by atoms with E-state index in [0.717, 1.165) is 18.4 Å². The molecule has 0 aromatic carbocycles. The van der Waals surface area contributed by atoms with Crippen LogP contribution in [0.3, 0.4) is 0 Å². The molecule has 0 aromatic rings. The van der Waals surface area contributed by atoms with Gasteiger partial charge >= 0.3 is 0 Å². The average molecular weight is 235 g/mol. The predicted octanol–water partition coefficient (Wildman–Crippen LogP) is 1.85. The van der Waals surface area contributed by atoms with E-state index in [9.17, 15) is 0 Å². The third-order valence-corrected chi connectivity index (χ3v) is 5.05. The average Bonchev–Trinajstić information content (AvgIpc) is 2.25. The highest BCUT2D eigenvalue weighted by Gasteiger charge is 2.12. The van der Waals surface area contributed by atoms with Crippen LogP contribution in [0.15, 0.2) is 0 Å². The number of methoxy groups -OCH3 is 1. The predicted molar refractivity (Wildman–Crippen MR) is 67.6 cm³/mol. The van der Waals surface area contributed by atoms with Crippen molar-refractivity contribution in [3.05, 3.63) is 0 Å². The van der Waals surface area contributed by atoms with Crippen LogP contribution in [0.5, 0.6) is 0 Å². The summed E-state index contributed by atoms with van der Waals surface area (Å²) < 4.78 is 5.00. The second kappa shape index (κ2) is 8.89. The Morgan fingerprint density at radius 2 is 2.29 bits per heavy atom. The van der Waals surface area contributed by atoms with Crippen molar-refractivity contribution in [3.63, 3.8) is 0 Å². The summed E-state index contributed by atoms with van der Waals surface area (Å²) in [5.74, 6) is 4.01. The van der Waals surface area contributed by atoms with Crippen LogP contribution in [-0.2, 0) is 4.74 Å². The van der Waals surface area contributed by atoms with Gasteiger partial charge in [-0.25, -0.2) is 0 Å². The van der Waals surface area contributed by atoms with Crippen molar-refractivity contribution in [2.24, 2.45) is 0 Å². The SMILES string of the molecule is COCCCCNCC1CSCCS1. The first-order chi connectivity index (χ1) is 6.93. The lowest BCUT2D eigenvalue weighted by Crippen LogP contribution is -2.29. The van der Waals surface area contributed by atoms with Gasteiger partial charge in [0.2, 0.25) is 0 Å². The Labute approximate surface area is 95.9 Å². The van der Waals surface area contributed by atoms with Gasteiger partial charge in [-0.3, -0.25) is 0 Å². The molecule has 2 nitrogen and oxygen atoms in total. The van der Waals surface area contributed by atoms with E-state index in [1.54, 1.807) is 7.11 Å². The van der Waals surface area contributed by atoms with Crippen molar-refractivity contribution in [3.8, 4) is 0 Å². The van der Waals surface area contributed by atoms with E-state index >= 15 is 0 Å². The number of nitrogens with one attached hydrogen (secondary N) is 1. The van der Waals surface area contributed by atoms with Gasteiger partial charge < -0.3 is 10.1 Å². The summed E-state index contributed by atoms with van der Waals surface area (Å²) in [5.41, 5.74) is 0. The van der Waals surface area contributed by atoms with Crippen LogP contribution in [-0.4, -0.2) is 49.3 Å². The van der Waals surface area contributed by atoms with E-state index in [-0.39, 0.29) is 0 Å². The molecule has 0 aromatic heterocycles. The van der Waals surface area contributed by atoms with Gasteiger partial charge in [-0.2, -0.15) is 23.5 Å². The van der Waals surface area contributed by atoms with E-state index in [1.165, 1.54) is 36.6 Å². The lowest BCUT2D eigenvalue weighted by Gasteiger charge is -2.21. The molecular weight excluding hydrogens is 214 g/mol. The molecule has 1 fully saturated rings. The van der Waals surface area contributed by atoms with Crippen molar-refractivity contribution >= 4 is 23.5 Å². The monoisotopic (exact) mass is 235 g/mol. The van der Waals surface area contributed by atoms with Crippen LogP contribution in [0.2, 0.25) is 0 Å². The summed E-state index contributed by atoms with van der Waals surface area (Å²) in [7, 11) is 1.77. The van der Waals surface area contributed by atoms with Crippen LogP contribution in [0.4, 0.5) is 0 Å². The highest BCUT2D eigenvalue weighted by molar-refractivity contribution is 8.06. The first-order valence-electron chi connectivity index (χ1n) is 5.32. The fourth-order valence-corrected chi connectivity index (χ4v) is 4.06. The maximum atomic E-state index is 5.00. The Kier molecular flexibility index (Phi) is 8.06. The minimum absolute atomic E-state index is 0.844. The van der Waals surface area contributed by atoms with Gasteiger partial charge in [-0.05, 0) is 19.4 Å². The van der Waals surface area contributed by atoms with E-state index in [2.05, 4.69) is 28.8 Å². The normalized spacial score (nSPS) is 22.5. The molecule has 1 heterocycles. The van der Waals surface area contributed by atoms with E-state index in [1.807, 2.05) is 0 Å². The minimum atomic E-state index is 0.844. The maximum absolute atomic E-state index is 5.00. The fourth-order valence-electron chi connectivity index (χ4n) is 1.41. The Hall–Kier alpha value is 0.620. The van der Waals surface area contributed by atoms with Gasteiger partial charge in [0.25, 0.3) is 0 Å². The van der Waals surface area contributed by atoms with E-state index < -0.39 is 0 Å². The molecule has 1 N–H and O–H groups in total. The van der Waals surface area contributed by atoms with Crippen molar-refractivity contribution < 1.29 is 4.74 Å². The molecule has 1 saturated heterocycles. The molecule has 14 heavy (non-hydrogen) atoms. The van der Waals surface area contributed by atoms with Gasteiger partial charge in [0, 0.05) is 42.8 Å². The largest absolute Gasteiger partial charge is 0.385 e. The van der Waals surface area contributed by atoms with Gasteiger partial charge in [0.15, 0.2) is 0 Å². The van der Waals surface area contributed by atoms with Gasteiger partial charge in [0.05, 0.1) is 0 Å². The molecule has 1 rings (SSSR count). The maximum Gasteiger partial charge on any atom is 0.0462 e. The number of unbranched alkanes of at least 4 members (excludes halogenated alkanes) is 1. The molecular formula is C10H21NOS2. The number of hydrogen-bond donors (Lipinski definition) is 1. The van der Waals surface area contributed by atoms with Crippen molar-refractivity contribution in [2.75, 3.05) is 44.1 Å². The summed E-state index contributed by atoms with van der Waals surface area (Å²) >= 11 is 4.22. The van der Waals surface area contributed by atoms with Crippen molar-refractivity contribution in [1.82, 2.24) is 5.32 Å². The van der Waals surface area contributed by atoms with E-state index in [4.69, 9.17) is 4.74 Å². The Morgan fingerprint density at radius 3 is 3.00 bits per heavy atom. The third-order valence-electron chi connectivity index (χ3n) is 2.21. The van der Waals surface area contributed by atoms with E-state index in [0.29, 0.717) is 0 Å². The zero-order chi connectivity index (χ0) is 10.1. The second-order valence-corrected chi connectivity index (χ2v) is 6.03. The van der Waals surface area contributed by atoms with Crippen molar-refractivity contribution in [1.29, 1.82) is 0 Å². The molecule has 0 amide bonds. The molecule has 0 radical (unpaired) electrons. The summed E-state index contributed by atoms with van der Waals surface area (Å²) in [6.07, 6.45) is 2.41. The molecule has 84 valence electrons. The van der Waals surface area contributed by atoms with Gasteiger partial charge in [-0.1, -0.05) is 0 Å². The fraction of sp³-hybridized carbons (Fsp3) is 1.00. The summed E-state index contributed by atoms with van der Waals surface area (Å²) in [6, 6.07) is 0. The zero-order valence-corrected chi connectivity index (χ0v) is 10.6. The molecule has 0 saturated carbocycles. The lowest BCUT2D eigenvalue weighted by molar-refractivity contribution is 0.192. The third kappa shape index (κ3) is 6.17. The van der Waals surface area contributed by atoms with Gasteiger partial charge in [-0.15, -0.1) is 0 Å². The minimum Gasteiger partial charge on any atom is -0.385 e. The quantitative estimate of drug-likeness (QED) is 0.680. The molecule has 4 heteroatoms. The highest BCUT2D eigenvalue weighted by Crippen LogP contribution is 2.23. The summed E-state index contributed by atoms with van der Waals surface area (Å²) in [5, 5.41) is 4.37. The van der Waals surface area contributed by atoms with Gasteiger partial charge in [0.1, 0.15) is 0 Å². The van der Waals surface area contributed by atoms with Crippen LogP contribution in [0.25, 0.3) is 0 Å². The molecule has 1 aliphatic heterocycles. The smallest absolute Gasteiger partial charge is 0.0462 e. The molecule has 0 spiro atoms. The standard InChI is InChI=1S/C10H21NOS2/c1-12-5-3-2-4-11-8-10-9-13-6-7-14-10/h10-11H,2-9H2,1H3. The second-order valence-electron chi connectivity index (χ2n) is 3.47. The lowest BCUT2D eigenvalue weighted by atomic mass is 10.3. The number of ether oxygens (including phenoxy) is 1. The molecule has 1 aliphatic rings. The Balaban J connectivity index is 1.82. The molecule has 1 atom stereocenters. The zero-order valence-electron chi connectivity index (χ0n) is 8.96.